The van der Waals surface area contributed by atoms with Crippen molar-refractivity contribution < 1.29 is 9.05 Å². The van der Waals surface area contributed by atoms with Crippen molar-refractivity contribution in [1.29, 1.82) is 0 Å². The van der Waals surface area contributed by atoms with Crippen molar-refractivity contribution in [2.75, 3.05) is 0 Å². The van der Waals surface area contributed by atoms with Gasteiger partial charge >= 0.3 is 9.03 Å². The summed E-state index contributed by atoms with van der Waals surface area (Å²) in [6.07, 6.45) is 0. The van der Waals surface area contributed by atoms with Gasteiger partial charge in [0.05, 0.1) is 0 Å². The summed E-state index contributed by atoms with van der Waals surface area (Å²) in [5, 5.41) is 0. The van der Waals surface area contributed by atoms with E-state index in [-0.39, 0.29) is 0 Å². The van der Waals surface area contributed by atoms with Gasteiger partial charge in [-0.1, -0.05) is 36.4 Å². The number of para-hydroxylation sites is 2. The van der Waals surface area contributed by atoms with Gasteiger partial charge in [-0.15, -0.1) is 0 Å². The van der Waals surface area contributed by atoms with Crippen molar-refractivity contribution in [3.63, 3.8) is 0 Å². The molecule has 0 unspecified atom stereocenters. The van der Waals surface area contributed by atoms with Gasteiger partial charge in [-0.2, -0.15) is 0 Å². The molecule has 18 heavy (non-hydrogen) atoms. The van der Waals surface area contributed by atoms with Crippen LogP contribution in [0.15, 0.2) is 60.7 Å². The second-order valence-corrected chi connectivity index (χ2v) is 3.71. The minimum atomic E-state index is -0.499. The summed E-state index contributed by atoms with van der Waals surface area (Å²) in [6, 6.07) is 19.4. The molecular formula is C12H12N3O2P. The van der Waals surface area contributed by atoms with Gasteiger partial charge in [0.1, 0.15) is 0 Å². The first-order chi connectivity index (χ1) is 8.86. The van der Waals surface area contributed by atoms with Gasteiger partial charge < -0.3 is 20.1 Å². The fourth-order valence-electron chi connectivity index (χ4n) is 1.13. The Kier molecular flexibility index (Phi) is 6.83. The lowest BCUT2D eigenvalue weighted by atomic mass is 10.3. The quantitative estimate of drug-likeness (QED) is 0.357. The lowest BCUT2D eigenvalue weighted by molar-refractivity contribution is 0.516. The van der Waals surface area contributed by atoms with E-state index in [1.54, 1.807) is 0 Å². The molecule has 0 saturated carbocycles. The van der Waals surface area contributed by atoms with Crippen LogP contribution in [0.4, 0.5) is 0 Å². The average Bonchev–Trinajstić information content (AvgIpc) is 2.42. The molecule has 0 spiro atoms. The zero-order chi connectivity index (χ0) is 13.1. The summed E-state index contributed by atoms with van der Waals surface area (Å²) in [6.45, 7) is 0. The Morgan fingerprint density at radius 1 is 0.722 bits per heavy atom. The molecular weight excluding hydrogens is 249 g/mol. The Hall–Kier alpha value is -2.22. The van der Waals surface area contributed by atoms with Gasteiger partial charge in [0.2, 0.25) is 0 Å². The van der Waals surface area contributed by atoms with E-state index in [0.717, 1.165) is 11.5 Å². The molecule has 0 bridgehead atoms. The minimum absolute atomic E-state index is 0.499. The topological polar surface area (TPSA) is 77.2 Å². The second kappa shape index (κ2) is 8.88. The Morgan fingerprint density at radius 2 is 1.06 bits per heavy atom. The maximum Gasteiger partial charge on any atom is 0.340 e. The third kappa shape index (κ3) is 5.75. The molecule has 0 aliphatic heterocycles. The molecule has 0 amide bonds. The molecule has 2 rings (SSSR count). The number of rotatable bonds is 4. The second-order valence-electron chi connectivity index (χ2n) is 3.05. The van der Waals surface area contributed by atoms with Crippen LogP contribution in [0.1, 0.15) is 0 Å². The summed E-state index contributed by atoms with van der Waals surface area (Å²) >= 11 is 0. The Morgan fingerprint density at radius 3 is 1.39 bits per heavy atom. The molecule has 0 saturated heterocycles. The molecule has 2 aromatic carbocycles. The normalized spacial score (nSPS) is 8.44. The van der Waals surface area contributed by atoms with Crippen LogP contribution in [0.5, 0.6) is 11.5 Å². The van der Waals surface area contributed by atoms with E-state index in [9.17, 15) is 0 Å². The number of hydrogen-bond donors (Lipinski definition) is 0. The van der Waals surface area contributed by atoms with Crippen LogP contribution in [0.2, 0.25) is 0 Å². The predicted molar refractivity (Wildman–Crippen MR) is 73.9 cm³/mol. The lowest BCUT2D eigenvalue weighted by Gasteiger charge is -1.98. The van der Waals surface area contributed by atoms with Crippen molar-refractivity contribution in [3.8, 4) is 11.5 Å². The molecule has 6 heteroatoms. The zero-order valence-corrected chi connectivity index (χ0v) is 10.7. The fourth-order valence-corrected chi connectivity index (χ4v) is 1.72. The van der Waals surface area contributed by atoms with E-state index in [2.05, 4.69) is 0 Å². The number of benzene rings is 2. The predicted octanol–water partition coefficient (Wildman–Crippen LogP) is 4.25. The highest BCUT2D eigenvalue weighted by Crippen LogP contribution is 2.23. The molecule has 0 aliphatic carbocycles. The summed E-state index contributed by atoms with van der Waals surface area (Å²) < 4.78 is 10.9. The molecule has 5 nitrogen and oxygen atoms in total. The van der Waals surface area contributed by atoms with E-state index < -0.39 is 9.03 Å². The molecule has 0 heterocycles. The van der Waals surface area contributed by atoms with Crippen molar-refractivity contribution in [2.24, 2.45) is 0 Å². The molecule has 2 aromatic rings. The number of nitrogens with zero attached hydrogens (tertiary/aromatic N) is 3. The first-order valence-corrected chi connectivity index (χ1v) is 6.04. The van der Waals surface area contributed by atoms with Crippen LogP contribution in [0, 0.1) is 0 Å². The average molecular weight is 261 g/mol. The van der Waals surface area contributed by atoms with Gasteiger partial charge in [0.25, 0.3) is 0 Å². The van der Waals surface area contributed by atoms with E-state index in [0.29, 0.717) is 0 Å². The summed E-state index contributed by atoms with van der Waals surface area (Å²) in [5.41, 5.74) is 13.5. The van der Waals surface area contributed by atoms with E-state index >= 15 is 0 Å². The molecule has 0 radical (unpaired) electrons. The van der Waals surface area contributed by atoms with Crippen LogP contribution in [0.25, 0.3) is 16.0 Å². The molecule has 0 aliphatic rings. The van der Waals surface area contributed by atoms with Gasteiger partial charge in [-0.05, 0) is 24.3 Å². The van der Waals surface area contributed by atoms with Crippen LogP contribution in [-0.2, 0) is 0 Å². The van der Waals surface area contributed by atoms with Crippen LogP contribution >= 0.6 is 9.03 Å². The standard InChI is InChI=1S/C12H12O2P.N3/c1-3-7-11(8-4-1)13-15-14-12-9-5-2-6-10-12;1-3-2/h1-10H,15H2;/q+1;-1. The monoisotopic (exact) mass is 261 g/mol. The molecule has 0 N–H and O–H groups in total. The first kappa shape index (κ1) is 13.8. The van der Waals surface area contributed by atoms with E-state index in [4.69, 9.17) is 20.1 Å². The van der Waals surface area contributed by atoms with Crippen LogP contribution < -0.4 is 9.05 Å². The maximum atomic E-state index is 6.75. The highest BCUT2D eigenvalue weighted by Gasteiger charge is 1.99. The fraction of sp³-hybridized carbons (Fsp3) is 0. The first-order valence-electron chi connectivity index (χ1n) is 5.10. The molecule has 92 valence electrons. The summed E-state index contributed by atoms with van der Waals surface area (Å²) in [4.78, 5) is 1.50. The molecule has 0 atom stereocenters. The highest BCUT2D eigenvalue weighted by molar-refractivity contribution is 7.27. The SMILES string of the molecule is [N-]=[N+]=[N-].c1ccc(O[PH2+]Oc2ccccc2)cc1. The largest absolute Gasteiger partial charge is 0.373 e. The van der Waals surface area contributed by atoms with Gasteiger partial charge in [-0.3, -0.25) is 4.91 Å². The van der Waals surface area contributed by atoms with Crippen molar-refractivity contribution in [2.45, 2.75) is 0 Å². The van der Waals surface area contributed by atoms with Crippen LogP contribution in [-0.4, -0.2) is 0 Å². The lowest BCUT2D eigenvalue weighted by Crippen LogP contribution is -1.83. The van der Waals surface area contributed by atoms with Gasteiger partial charge in [-0.25, -0.2) is 0 Å². The van der Waals surface area contributed by atoms with E-state index in [1.807, 2.05) is 60.7 Å². The third-order valence-corrected chi connectivity index (χ3v) is 2.59. The smallest absolute Gasteiger partial charge is 0.340 e. The Bertz CT molecular complexity index is 434. The van der Waals surface area contributed by atoms with Crippen molar-refractivity contribution in [1.82, 2.24) is 0 Å². The summed E-state index contributed by atoms with van der Waals surface area (Å²) in [7, 11) is -0.499. The molecule has 0 aromatic heterocycles. The Balaban J connectivity index is 0.000000492. The van der Waals surface area contributed by atoms with Crippen molar-refractivity contribution in [3.05, 3.63) is 76.6 Å². The van der Waals surface area contributed by atoms with Crippen molar-refractivity contribution >= 4 is 9.03 Å². The van der Waals surface area contributed by atoms with Crippen LogP contribution in [0.3, 0.4) is 0 Å². The van der Waals surface area contributed by atoms with Gasteiger partial charge in [0, 0.05) is 0 Å². The number of hydrogen-bond acceptors (Lipinski definition) is 2. The van der Waals surface area contributed by atoms with E-state index in [1.165, 1.54) is 4.91 Å². The molecule has 0 fully saturated rings. The zero-order valence-electron chi connectivity index (χ0n) is 9.51. The summed E-state index contributed by atoms with van der Waals surface area (Å²) in [5.74, 6) is 1.70. The third-order valence-electron chi connectivity index (χ3n) is 1.85. The van der Waals surface area contributed by atoms with Gasteiger partial charge in [0.15, 0.2) is 11.5 Å². The maximum absolute atomic E-state index is 6.75. The Labute approximate surface area is 107 Å². The minimum Gasteiger partial charge on any atom is -0.373 e. The highest BCUT2D eigenvalue weighted by atomic mass is 31.1.